The Hall–Kier alpha value is -1.66. The van der Waals surface area contributed by atoms with Gasteiger partial charge in [-0.1, -0.05) is 0 Å². The van der Waals surface area contributed by atoms with E-state index >= 15 is 0 Å². The van der Waals surface area contributed by atoms with Crippen molar-refractivity contribution < 1.29 is 14.6 Å². The van der Waals surface area contributed by atoms with Gasteiger partial charge >= 0.3 is 0 Å². The summed E-state index contributed by atoms with van der Waals surface area (Å²) in [4.78, 5) is 20.9. The molecule has 2 atom stereocenters. The maximum absolute atomic E-state index is 12.5. The molecule has 0 unspecified atom stereocenters. The van der Waals surface area contributed by atoms with Crippen molar-refractivity contribution in [3.05, 3.63) is 23.9 Å². The first-order valence-corrected chi connectivity index (χ1v) is 8.49. The normalized spacial score (nSPS) is 25.6. The lowest BCUT2D eigenvalue weighted by molar-refractivity contribution is 0.0315. The van der Waals surface area contributed by atoms with Crippen LogP contribution in [0.1, 0.15) is 36.5 Å². The van der Waals surface area contributed by atoms with Crippen LogP contribution in [-0.4, -0.2) is 70.7 Å². The average Bonchev–Trinajstić information content (AvgIpc) is 3.01. The van der Waals surface area contributed by atoms with Crippen molar-refractivity contribution in [2.24, 2.45) is 0 Å². The molecule has 3 rings (SSSR count). The monoisotopic (exact) mass is 319 g/mol. The van der Waals surface area contributed by atoms with Crippen LogP contribution in [0.15, 0.2) is 18.3 Å². The van der Waals surface area contributed by atoms with E-state index in [-0.39, 0.29) is 18.1 Å². The fourth-order valence-corrected chi connectivity index (χ4v) is 3.53. The van der Waals surface area contributed by atoms with Crippen molar-refractivity contribution in [1.82, 2.24) is 14.8 Å². The van der Waals surface area contributed by atoms with Gasteiger partial charge in [0.2, 0.25) is 5.88 Å². The average molecular weight is 319 g/mol. The molecule has 0 aromatic carbocycles. The number of hydrogen-bond donors (Lipinski definition) is 1. The Morgan fingerprint density at radius 2 is 2.09 bits per heavy atom. The number of nitrogens with zero attached hydrogens (tertiary/aromatic N) is 3. The first-order valence-electron chi connectivity index (χ1n) is 8.49. The Bertz CT molecular complexity index is 526. The van der Waals surface area contributed by atoms with E-state index in [0.29, 0.717) is 31.1 Å². The highest BCUT2D eigenvalue weighted by Gasteiger charge is 2.33. The van der Waals surface area contributed by atoms with Gasteiger partial charge in [-0.3, -0.25) is 9.69 Å². The van der Waals surface area contributed by atoms with Crippen LogP contribution >= 0.6 is 0 Å². The second kappa shape index (κ2) is 7.27. The van der Waals surface area contributed by atoms with Gasteiger partial charge in [-0.25, -0.2) is 4.98 Å². The lowest BCUT2D eigenvalue weighted by Gasteiger charge is -2.39. The predicted octanol–water partition coefficient (Wildman–Crippen LogP) is 1.15. The Morgan fingerprint density at radius 1 is 1.30 bits per heavy atom. The Kier molecular flexibility index (Phi) is 5.13. The summed E-state index contributed by atoms with van der Waals surface area (Å²) in [5, 5.41) is 10.0. The molecule has 2 heterocycles. The number of amides is 1. The van der Waals surface area contributed by atoms with E-state index in [4.69, 9.17) is 4.74 Å². The third kappa shape index (κ3) is 3.64. The topological polar surface area (TPSA) is 65.9 Å². The van der Waals surface area contributed by atoms with E-state index in [0.717, 1.165) is 32.4 Å². The van der Waals surface area contributed by atoms with E-state index in [1.165, 1.54) is 0 Å². The number of hydrogen-bond acceptors (Lipinski definition) is 5. The van der Waals surface area contributed by atoms with Gasteiger partial charge in [-0.15, -0.1) is 0 Å². The minimum absolute atomic E-state index is 0.0205. The maximum Gasteiger partial charge on any atom is 0.255 e. The van der Waals surface area contributed by atoms with Crippen molar-refractivity contribution in [3.63, 3.8) is 0 Å². The molecule has 1 saturated carbocycles. The zero-order valence-electron chi connectivity index (χ0n) is 13.6. The molecule has 1 aromatic rings. The number of aromatic nitrogens is 1. The van der Waals surface area contributed by atoms with Crippen LogP contribution in [-0.2, 0) is 0 Å². The molecule has 0 radical (unpaired) electrons. The molecular formula is C17H25N3O3. The number of rotatable bonds is 4. The van der Waals surface area contributed by atoms with Crippen molar-refractivity contribution in [2.45, 2.75) is 38.3 Å². The molecule has 1 amide bonds. The van der Waals surface area contributed by atoms with Crippen molar-refractivity contribution in [2.75, 3.05) is 32.8 Å². The van der Waals surface area contributed by atoms with Crippen LogP contribution in [0.2, 0.25) is 0 Å². The minimum atomic E-state index is -0.201. The van der Waals surface area contributed by atoms with Crippen LogP contribution in [0.5, 0.6) is 5.88 Å². The number of carbonyl (C=O) groups excluding carboxylic acids is 1. The first kappa shape index (κ1) is 16.2. The number of aliphatic hydroxyl groups excluding tert-OH is 1. The zero-order valence-corrected chi connectivity index (χ0v) is 13.6. The quantitative estimate of drug-likeness (QED) is 0.902. The fraction of sp³-hybridized carbons (Fsp3) is 0.647. The van der Waals surface area contributed by atoms with Gasteiger partial charge in [0.25, 0.3) is 5.91 Å². The van der Waals surface area contributed by atoms with Gasteiger partial charge in [-0.2, -0.15) is 0 Å². The summed E-state index contributed by atoms with van der Waals surface area (Å²) < 4.78 is 5.30. The predicted molar refractivity (Wildman–Crippen MR) is 86.5 cm³/mol. The molecule has 6 nitrogen and oxygen atoms in total. The zero-order chi connectivity index (χ0) is 16.2. The highest BCUT2D eigenvalue weighted by molar-refractivity contribution is 5.94. The molecule has 0 spiro atoms. The number of piperazine rings is 1. The molecule has 23 heavy (non-hydrogen) atoms. The Labute approximate surface area is 137 Å². The van der Waals surface area contributed by atoms with E-state index in [1.54, 1.807) is 18.3 Å². The van der Waals surface area contributed by atoms with Crippen molar-refractivity contribution >= 4 is 5.91 Å². The minimum Gasteiger partial charge on any atom is -0.478 e. The lowest BCUT2D eigenvalue weighted by Crippen LogP contribution is -2.53. The Morgan fingerprint density at radius 3 is 2.65 bits per heavy atom. The third-order valence-electron chi connectivity index (χ3n) is 4.79. The summed E-state index contributed by atoms with van der Waals surface area (Å²) in [5.74, 6) is 0.566. The second-order valence-corrected chi connectivity index (χ2v) is 6.21. The smallest absolute Gasteiger partial charge is 0.255 e. The molecule has 6 heteroatoms. The van der Waals surface area contributed by atoms with Gasteiger partial charge in [0, 0.05) is 44.5 Å². The molecule has 0 bridgehead atoms. The largest absolute Gasteiger partial charge is 0.478 e. The van der Waals surface area contributed by atoms with Crippen molar-refractivity contribution in [3.8, 4) is 5.88 Å². The summed E-state index contributed by atoms with van der Waals surface area (Å²) in [7, 11) is 0. The van der Waals surface area contributed by atoms with Crippen molar-refractivity contribution in [1.29, 1.82) is 0 Å². The highest BCUT2D eigenvalue weighted by atomic mass is 16.5. The van der Waals surface area contributed by atoms with Gasteiger partial charge in [0.15, 0.2) is 0 Å². The number of carbonyl (C=O) groups is 1. The molecule has 1 N–H and O–H groups in total. The highest BCUT2D eigenvalue weighted by Crippen LogP contribution is 2.25. The van der Waals surface area contributed by atoms with Gasteiger partial charge in [0.1, 0.15) is 0 Å². The van der Waals surface area contributed by atoms with Crippen LogP contribution in [0.4, 0.5) is 0 Å². The van der Waals surface area contributed by atoms with E-state index in [9.17, 15) is 9.90 Å². The van der Waals surface area contributed by atoms with Crippen LogP contribution in [0, 0.1) is 0 Å². The van der Waals surface area contributed by atoms with Gasteiger partial charge in [0.05, 0.1) is 18.3 Å². The first-order chi connectivity index (χ1) is 11.2. The van der Waals surface area contributed by atoms with Crippen LogP contribution in [0.25, 0.3) is 0 Å². The Balaban J connectivity index is 1.55. The lowest BCUT2D eigenvalue weighted by atomic mass is 10.1. The summed E-state index contributed by atoms with van der Waals surface area (Å²) in [6.45, 7) is 5.54. The molecule has 126 valence electrons. The summed E-state index contributed by atoms with van der Waals surface area (Å²) in [5.41, 5.74) is 0.600. The molecular weight excluding hydrogens is 294 g/mol. The third-order valence-corrected chi connectivity index (χ3v) is 4.79. The van der Waals surface area contributed by atoms with Crippen LogP contribution < -0.4 is 4.74 Å². The molecule has 1 saturated heterocycles. The standard InChI is InChI=1S/C17H25N3O3/c1-2-23-16-7-6-13(12-18-16)17(22)20-10-8-19(9-11-20)14-4-3-5-15(14)21/h6-7,12,14-15,21H,2-5,8-11H2,1H3/t14-,15+/m1/s1. The van der Waals surface area contributed by atoms with E-state index < -0.39 is 0 Å². The summed E-state index contributed by atoms with van der Waals surface area (Å²) in [6, 6.07) is 3.79. The molecule has 1 aromatic heterocycles. The van der Waals surface area contributed by atoms with Crippen LogP contribution in [0.3, 0.4) is 0 Å². The maximum atomic E-state index is 12.5. The van der Waals surface area contributed by atoms with Gasteiger partial charge < -0.3 is 14.7 Å². The number of aliphatic hydroxyl groups is 1. The summed E-state index contributed by atoms with van der Waals surface area (Å²) >= 11 is 0. The number of pyridine rings is 1. The van der Waals surface area contributed by atoms with Gasteiger partial charge in [-0.05, 0) is 32.3 Å². The molecule has 2 aliphatic rings. The van der Waals surface area contributed by atoms with E-state index in [1.807, 2.05) is 11.8 Å². The second-order valence-electron chi connectivity index (χ2n) is 6.21. The SMILES string of the molecule is CCOc1ccc(C(=O)N2CCN([C@@H]3CCC[C@@H]3O)CC2)cn1. The molecule has 1 aliphatic heterocycles. The molecule has 2 fully saturated rings. The fourth-order valence-electron chi connectivity index (χ4n) is 3.53. The summed E-state index contributed by atoms with van der Waals surface area (Å²) in [6.07, 6.45) is 4.45. The van der Waals surface area contributed by atoms with E-state index in [2.05, 4.69) is 9.88 Å². The number of ether oxygens (including phenoxy) is 1. The molecule has 1 aliphatic carbocycles.